The van der Waals surface area contributed by atoms with E-state index in [-0.39, 0.29) is 0 Å². The maximum Gasteiger partial charge on any atom is 0.0451 e. The summed E-state index contributed by atoms with van der Waals surface area (Å²) in [7, 11) is 0. The van der Waals surface area contributed by atoms with E-state index in [4.69, 9.17) is 0 Å². The molecule has 0 bridgehead atoms. The number of hydrogen-bond donors (Lipinski definition) is 1. The second kappa shape index (κ2) is 2.38. The van der Waals surface area contributed by atoms with E-state index in [1.165, 1.54) is 31.1 Å². The van der Waals surface area contributed by atoms with Crippen LogP contribution >= 0.6 is 11.8 Å². The largest absolute Gasteiger partial charge is 0.315 e. The molecule has 2 nitrogen and oxygen atoms in total. The van der Waals surface area contributed by atoms with Crippen molar-refractivity contribution in [3.05, 3.63) is 0 Å². The zero-order chi connectivity index (χ0) is 7.26. The molecular weight excluding hydrogens is 156 g/mol. The lowest BCUT2D eigenvalue weighted by Crippen LogP contribution is -2.35. The molecule has 3 rings (SSSR count). The zero-order valence-corrected chi connectivity index (χ0v) is 7.44. The SMILES string of the molecule is C1NC[C@@H]2[C@@H]1C[C@H]1CSCN12. The molecule has 3 aliphatic rings. The molecular formula is C8H14N2S. The molecule has 3 aliphatic heterocycles. The van der Waals surface area contributed by atoms with Crippen LogP contribution < -0.4 is 5.32 Å². The van der Waals surface area contributed by atoms with E-state index in [1.54, 1.807) is 0 Å². The van der Waals surface area contributed by atoms with E-state index < -0.39 is 0 Å². The van der Waals surface area contributed by atoms with Gasteiger partial charge in [-0.05, 0) is 18.9 Å². The molecule has 0 aromatic heterocycles. The van der Waals surface area contributed by atoms with Gasteiger partial charge in [-0.15, -0.1) is 11.8 Å². The molecule has 3 atom stereocenters. The molecule has 0 spiro atoms. The Balaban J connectivity index is 1.84. The van der Waals surface area contributed by atoms with Crippen LogP contribution in [0.15, 0.2) is 0 Å². The predicted octanol–water partition coefficient (Wildman–Crippen LogP) is 0.353. The van der Waals surface area contributed by atoms with E-state index in [2.05, 4.69) is 22.0 Å². The summed E-state index contributed by atoms with van der Waals surface area (Å²) >= 11 is 2.11. The molecule has 0 unspecified atom stereocenters. The van der Waals surface area contributed by atoms with Crippen molar-refractivity contribution in [1.82, 2.24) is 10.2 Å². The minimum Gasteiger partial charge on any atom is -0.315 e. The van der Waals surface area contributed by atoms with E-state index in [0.29, 0.717) is 0 Å². The minimum atomic E-state index is 0.898. The monoisotopic (exact) mass is 170 g/mol. The molecule has 0 radical (unpaired) electrons. The molecule has 0 aromatic rings. The highest BCUT2D eigenvalue weighted by molar-refractivity contribution is 7.99. The van der Waals surface area contributed by atoms with Crippen LogP contribution in [0.4, 0.5) is 0 Å². The average Bonchev–Trinajstić information content (AvgIpc) is 2.52. The van der Waals surface area contributed by atoms with Crippen molar-refractivity contribution >= 4 is 11.8 Å². The smallest absolute Gasteiger partial charge is 0.0451 e. The van der Waals surface area contributed by atoms with Gasteiger partial charge in [0.05, 0.1) is 0 Å². The van der Waals surface area contributed by atoms with Crippen molar-refractivity contribution < 1.29 is 0 Å². The van der Waals surface area contributed by atoms with Crippen LogP contribution in [0.3, 0.4) is 0 Å². The molecule has 0 aliphatic carbocycles. The van der Waals surface area contributed by atoms with Crippen LogP contribution in [-0.2, 0) is 0 Å². The lowest BCUT2D eigenvalue weighted by Gasteiger charge is -2.20. The minimum absolute atomic E-state index is 0.898. The summed E-state index contributed by atoms with van der Waals surface area (Å²) in [6.07, 6.45) is 1.46. The van der Waals surface area contributed by atoms with Gasteiger partial charge in [0.25, 0.3) is 0 Å². The molecule has 0 amide bonds. The third-order valence-corrected chi connectivity index (χ3v) is 4.43. The van der Waals surface area contributed by atoms with Crippen molar-refractivity contribution in [2.45, 2.75) is 18.5 Å². The van der Waals surface area contributed by atoms with Crippen LogP contribution in [-0.4, -0.2) is 41.7 Å². The highest BCUT2D eigenvalue weighted by Gasteiger charge is 2.45. The standard InChI is InChI=1S/C8H14N2S/c1-6-2-9-3-8(6)10-5-11-4-7(1)10/h6-9H,1-5H2/t6-,7+,8-/m1/s1. The third kappa shape index (κ3) is 0.879. The summed E-state index contributed by atoms with van der Waals surface area (Å²) in [5, 5.41) is 3.49. The second-order valence-corrected chi connectivity index (χ2v) is 4.89. The van der Waals surface area contributed by atoms with Crippen LogP contribution in [0.1, 0.15) is 6.42 Å². The van der Waals surface area contributed by atoms with Crippen molar-refractivity contribution in [2.24, 2.45) is 5.92 Å². The number of thioether (sulfide) groups is 1. The van der Waals surface area contributed by atoms with Crippen molar-refractivity contribution in [3.8, 4) is 0 Å². The van der Waals surface area contributed by atoms with Gasteiger partial charge < -0.3 is 5.32 Å². The molecule has 0 saturated carbocycles. The Morgan fingerprint density at radius 1 is 1.36 bits per heavy atom. The van der Waals surface area contributed by atoms with Crippen LogP contribution in [0.25, 0.3) is 0 Å². The molecule has 62 valence electrons. The zero-order valence-electron chi connectivity index (χ0n) is 6.62. The number of rotatable bonds is 0. The van der Waals surface area contributed by atoms with Crippen LogP contribution in [0.2, 0.25) is 0 Å². The van der Waals surface area contributed by atoms with E-state index in [9.17, 15) is 0 Å². The molecule has 3 fully saturated rings. The van der Waals surface area contributed by atoms with Gasteiger partial charge in [-0.25, -0.2) is 0 Å². The second-order valence-electron chi connectivity index (χ2n) is 3.89. The Morgan fingerprint density at radius 3 is 3.36 bits per heavy atom. The summed E-state index contributed by atoms with van der Waals surface area (Å²) in [6, 6.07) is 1.84. The van der Waals surface area contributed by atoms with Gasteiger partial charge >= 0.3 is 0 Å². The van der Waals surface area contributed by atoms with Crippen molar-refractivity contribution in [2.75, 3.05) is 24.7 Å². The third-order valence-electron chi connectivity index (χ3n) is 3.32. The van der Waals surface area contributed by atoms with Gasteiger partial charge in [0.15, 0.2) is 0 Å². The van der Waals surface area contributed by atoms with Crippen LogP contribution in [0, 0.1) is 5.92 Å². The number of nitrogens with zero attached hydrogens (tertiary/aromatic N) is 1. The maximum absolute atomic E-state index is 3.49. The van der Waals surface area contributed by atoms with E-state index >= 15 is 0 Å². The van der Waals surface area contributed by atoms with Gasteiger partial charge in [-0.1, -0.05) is 0 Å². The highest BCUT2D eigenvalue weighted by atomic mass is 32.2. The quantitative estimate of drug-likeness (QED) is 0.565. The lowest BCUT2D eigenvalue weighted by molar-refractivity contribution is 0.259. The predicted molar refractivity (Wildman–Crippen MR) is 47.7 cm³/mol. The average molecular weight is 170 g/mol. The number of hydrogen-bond acceptors (Lipinski definition) is 3. The Kier molecular flexibility index (Phi) is 1.46. The van der Waals surface area contributed by atoms with Gasteiger partial charge in [-0.2, -0.15) is 0 Å². The first kappa shape index (κ1) is 6.75. The maximum atomic E-state index is 3.49. The Bertz CT molecular complexity index is 155. The highest BCUT2D eigenvalue weighted by Crippen LogP contribution is 2.38. The molecule has 3 heteroatoms. The Hall–Kier alpha value is 0.270. The Morgan fingerprint density at radius 2 is 2.36 bits per heavy atom. The van der Waals surface area contributed by atoms with Gasteiger partial charge in [0, 0.05) is 30.3 Å². The summed E-state index contributed by atoms with van der Waals surface area (Å²) in [5.74, 6) is 3.68. The molecule has 11 heavy (non-hydrogen) atoms. The van der Waals surface area contributed by atoms with Crippen molar-refractivity contribution in [1.29, 1.82) is 0 Å². The molecule has 1 N–H and O–H groups in total. The first-order valence-electron chi connectivity index (χ1n) is 4.49. The summed E-state index contributed by atoms with van der Waals surface area (Å²) in [4.78, 5) is 2.72. The van der Waals surface area contributed by atoms with E-state index in [0.717, 1.165) is 18.0 Å². The lowest BCUT2D eigenvalue weighted by atomic mass is 10.0. The van der Waals surface area contributed by atoms with Gasteiger partial charge in [-0.3, -0.25) is 4.90 Å². The summed E-state index contributed by atoms with van der Waals surface area (Å²) in [5.41, 5.74) is 0. The van der Waals surface area contributed by atoms with Gasteiger partial charge in [0.1, 0.15) is 0 Å². The topological polar surface area (TPSA) is 15.3 Å². The molecule has 0 aromatic carbocycles. The molecule has 3 heterocycles. The fraction of sp³-hybridized carbons (Fsp3) is 1.00. The van der Waals surface area contributed by atoms with Crippen LogP contribution in [0.5, 0.6) is 0 Å². The number of nitrogens with one attached hydrogen (secondary N) is 1. The first-order chi connectivity index (χ1) is 5.45. The number of fused-ring (bicyclic) bond motifs is 3. The summed E-state index contributed by atoms with van der Waals surface area (Å²) < 4.78 is 0. The summed E-state index contributed by atoms with van der Waals surface area (Å²) in [6.45, 7) is 2.53. The van der Waals surface area contributed by atoms with E-state index in [1.807, 2.05) is 0 Å². The fourth-order valence-corrected chi connectivity index (χ4v) is 4.08. The first-order valence-corrected chi connectivity index (χ1v) is 5.65. The van der Waals surface area contributed by atoms with Gasteiger partial charge in [0.2, 0.25) is 0 Å². The fourth-order valence-electron chi connectivity index (χ4n) is 2.76. The Labute approximate surface area is 71.7 Å². The molecule has 3 saturated heterocycles. The van der Waals surface area contributed by atoms with Crippen molar-refractivity contribution in [3.63, 3.8) is 0 Å². The normalized spacial score (nSPS) is 49.6.